The molecule has 4 aliphatic rings. The van der Waals surface area contributed by atoms with Crippen LogP contribution in [0.2, 0.25) is 0 Å². The Bertz CT molecular complexity index is 1210. The highest BCUT2D eigenvalue weighted by molar-refractivity contribution is 6.04. The maximum Gasteiger partial charge on any atom is 0.249 e. The second kappa shape index (κ2) is 11.6. The number of aliphatic hydroxyl groups is 1. The first kappa shape index (κ1) is 29.3. The molecule has 41 heavy (non-hydrogen) atoms. The zero-order valence-electron chi connectivity index (χ0n) is 24.6. The van der Waals surface area contributed by atoms with E-state index >= 15 is 0 Å². The van der Waals surface area contributed by atoms with Gasteiger partial charge in [0, 0.05) is 38.0 Å². The Morgan fingerprint density at radius 3 is 2.39 bits per heavy atom. The van der Waals surface area contributed by atoms with Crippen LogP contribution in [0.3, 0.4) is 0 Å². The first-order chi connectivity index (χ1) is 19.8. The number of rotatable bonds is 10. The average molecular weight is 566 g/mol. The number of amides is 3. The van der Waals surface area contributed by atoms with E-state index in [4.69, 9.17) is 9.47 Å². The summed E-state index contributed by atoms with van der Waals surface area (Å²) >= 11 is 0. The number of carbonyl (C=O) groups excluding carboxylic acids is 3. The molecule has 5 rings (SSSR count). The van der Waals surface area contributed by atoms with Gasteiger partial charge in [0.1, 0.15) is 17.4 Å². The minimum atomic E-state index is -1.28. The molecule has 4 heterocycles. The molecule has 1 aromatic rings. The van der Waals surface area contributed by atoms with E-state index in [1.165, 1.54) is 0 Å². The van der Waals surface area contributed by atoms with Crippen LogP contribution in [-0.4, -0.2) is 88.8 Å². The Labute approximate surface area is 242 Å². The van der Waals surface area contributed by atoms with Gasteiger partial charge in [-0.15, -0.1) is 0 Å². The van der Waals surface area contributed by atoms with E-state index in [0.29, 0.717) is 38.2 Å². The van der Waals surface area contributed by atoms with Crippen LogP contribution in [0, 0.1) is 11.8 Å². The van der Waals surface area contributed by atoms with Crippen molar-refractivity contribution in [1.82, 2.24) is 9.80 Å². The summed E-state index contributed by atoms with van der Waals surface area (Å²) in [5, 5.41) is 9.64. The second-order valence-corrected chi connectivity index (χ2v) is 11.5. The molecule has 0 radical (unpaired) electrons. The van der Waals surface area contributed by atoms with Crippen molar-refractivity contribution < 1.29 is 29.0 Å². The molecule has 1 aromatic carbocycles. The first-order valence-corrected chi connectivity index (χ1v) is 15.1. The topological polar surface area (TPSA) is 99.6 Å². The predicted molar refractivity (Wildman–Crippen MR) is 155 cm³/mol. The van der Waals surface area contributed by atoms with Crippen molar-refractivity contribution >= 4 is 23.4 Å². The van der Waals surface area contributed by atoms with Gasteiger partial charge in [-0.3, -0.25) is 14.4 Å². The number of hydrogen-bond donors (Lipinski definition) is 1. The minimum Gasteiger partial charge on any atom is -0.494 e. The molecule has 0 saturated carbocycles. The summed E-state index contributed by atoms with van der Waals surface area (Å²) < 4.78 is 12.6. The zero-order chi connectivity index (χ0) is 29.4. The molecule has 1 N–H and O–H groups in total. The van der Waals surface area contributed by atoms with Crippen molar-refractivity contribution in [2.24, 2.45) is 11.8 Å². The lowest BCUT2D eigenvalue weighted by molar-refractivity contribution is -0.153. The van der Waals surface area contributed by atoms with Crippen molar-refractivity contribution in [3.63, 3.8) is 0 Å². The van der Waals surface area contributed by atoms with Gasteiger partial charge in [-0.1, -0.05) is 44.6 Å². The van der Waals surface area contributed by atoms with Crippen molar-refractivity contribution in [3.05, 3.63) is 48.6 Å². The summed E-state index contributed by atoms with van der Waals surface area (Å²) in [6, 6.07) is 6.48. The van der Waals surface area contributed by atoms with Crippen LogP contribution >= 0.6 is 0 Å². The Kier molecular flexibility index (Phi) is 8.30. The fraction of sp³-hybridized carbons (Fsp3) is 0.594. The van der Waals surface area contributed by atoms with Gasteiger partial charge >= 0.3 is 0 Å². The van der Waals surface area contributed by atoms with Crippen molar-refractivity contribution in [3.8, 4) is 5.75 Å². The van der Waals surface area contributed by atoms with Gasteiger partial charge < -0.3 is 29.3 Å². The van der Waals surface area contributed by atoms with Crippen LogP contribution in [0.1, 0.15) is 53.4 Å². The third-order valence-corrected chi connectivity index (χ3v) is 9.23. The number of fused-ring (bicyclic) bond motifs is 2. The van der Waals surface area contributed by atoms with Crippen molar-refractivity contribution in [1.29, 1.82) is 0 Å². The molecule has 2 unspecified atom stereocenters. The number of aliphatic hydroxyl groups excluding tert-OH is 1. The maximum absolute atomic E-state index is 14.6. The van der Waals surface area contributed by atoms with Crippen molar-refractivity contribution in [2.45, 2.75) is 76.7 Å². The van der Waals surface area contributed by atoms with Gasteiger partial charge in [-0.05, 0) is 57.4 Å². The van der Waals surface area contributed by atoms with E-state index in [0.717, 1.165) is 18.6 Å². The van der Waals surface area contributed by atoms with Crippen LogP contribution in [0.25, 0.3) is 0 Å². The summed E-state index contributed by atoms with van der Waals surface area (Å²) in [5.74, 6) is -1.58. The smallest absolute Gasteiger partial charge is 0.249 e. The highest BCUT2D eigenvalue weighted by Crippen LogP contribution is 2.58. The summed E-state index contributed by atoms with van der Waals surface area (Å²) in [4.78, 5) is 48.4. The molecular weight excluding hydrogens is 522 g/mol. The van der Waals surface area contributed by atoms with Gasteiger partial charge in [-0.2, -0.15) is 0 Å². The van der Waals surface area contributed by atoms with Crippen LogP contribution in [-0.2, 0) is 19.1 Å². The van der Waals surface area contributed by atoms with E-state index in [2.05, 4.69) is 6.92 Å². The van der Waals surface area contributed by atoms with Gasteiger partial charge in [0.15, 0.2) is 0 Å². The highest BCUT2D eigenvalue weighted by atomic mass is 16.5. The SMILES string of the molecule is CCCC(C)N1CC=C[C@]23O[C@@]4(CC)C=CCN(c5ccc(OCC)cc5)C(=O)[C@H]4[C@H]2C(=O)N(CCCO)C3C1=O. The number of hydrogen-bond acceptors (Lipinski definition) is 6. The van der Waals surface area contributed by atoms with Gasteiger partial charge in [-0.25, -0.2) is 0 Å². The van der Waals surface area contributed by atoms with Gasteiger partial charge in [0.2, 0.25) is 17.7 Å². The maximum atomic E-state index is 14.6. The van der Waals surface area contributed by atoms with Gasteiger partial charge in [0.25, 0.3) is 0 Å². The van der Waals surface area contributed by atoms with E-state index in [1.807, 2.05) is 74.2 Å². The molecule has 9 heteroatoms. The Morgan fingerprint density at radius 2 is 1.73 bits per heavy atom. The van der Waals surface area contributed by atoms with Crippen molar-refractivity contribution in [2.75, 3.05) is 37.7 Å². The number of ether oxygens (including phenoxy) is 2. The fourth-order valence-electron chi connectivity index (χ4n) is 7.35. The molecule has 2 saturated heterocycles. The molecule has 3 amide bonds. The Morgan fingerprint density at radius 1 is 1.00 bits per heavy atom. The molecule has 0 aromatic heterocycles. The van der Waals surface area contributed by atoms with Crippen LogP contribution < -0.4 is 9.64 Å². The number of benzene rings is 1. The highest BCUT2D eigenvalue weighted by Gasteiger charge is 2.75. The van der Waals surface area contributed by atoms with Gasteiger partial charge in [0.05, 0.1) is 24.0 Å². The molecule has 6 atom stereocenters. The molecular formula is C32H43N3O6. The monoisotopic (exact) mass is 565 g/mol. The molecule has 0 aliphatic carbocycles. The zero-order valence-corrected chi connectivity index (χ0v) is 24.6. The minimum absolute atomic E-state index is 0.00941. The summed E-state index contributed by atoms with van der Waals surface area (Å²) in [7, 11) is 0. The predicted octanol–water partition coefficient (Wildman–Crippen LogP) is 3.32. The van der Waals surface area contributed by atoms with E-state index in [-0.39, 0.29) is 36.9 Å². The van der Waals surface area contributed by atoms with E-state index in [9.17, 15) is 19.5 Å². The molecule has 2 fully saturated rings. The number of likely N-dealkylation sites (tertiary alicyclic amines) is 1. The molecule has 1 spiro atoms. The van der Waals surface area contributed by atoms with E-state index in [1.54, 1.807) is 9.80 Å². The molecule has 222 valence electrons. The number of carbonyl (C=O) groups is 3. The molecule has 9 nitrogen and oxygen atoms in total. The Hall–Kier alpha value is -3.17. The second-order valence-electron chi connectivity index (χ2n) is 11.5. The summed E-state index contributed by atoms with van der Waals surface area (Å²) in [6.07, 6.45) is 10.3. The van der Waals surface area contributed by atoms with E-state index < -0.39 is 29.1 Å². The largest absolute Gasteiger partial charge is 0.494 e. The fourth-order valence-corrected chi connectivity index (χ4v) is 7.35. The standard InChI is InChI=1S/C32H43N3O6/c1-5-11-22(4)33-18-9-17-32-26(29(38)35(20-10-21-36)27(32)30(33)39)25-28(37)34(19-8-16-31(25,6-2)41-32)23-12-14-24(15-13-23)40-7-3/h8-9,12-17,22,25-27,36H,5-7,10-11,18-21H2,1-4H3/t22?,25-,26+,27?,31+,32+/m1/s1. The average Bonchev–Trinajstić information content (AvgIpc) is 3.25. The third kappa shape index (κ3) is 4.67. The summed E-state index contributed by atoms with van der Waals surface area (Å²) in [5.41, 5.74) is -1.61. The third-order valence-electron chi connectivity index (χ3n) is 9.23. The summed E-state index contributed by atoms with van der Waals surface area (Å²) in [6.45, 7) is 9.43. The lowest BCUT2D eigenvalue weighted by atomic mass is 9.73. The quantitative estimate of drug-likeness (QED) is 0.437. The number of anilines is 1. The normalized spacial score (nSPS) is 31.6. The molecule has 0 bridgehead atoms. The van der Waals surface area contributed by atoms with Crippen LogP contribution in [0.15, 0.2) is 48.6 Å². The van der Waals surface area contributed by atoms with Crippen LogP contribution in [0.5, 0.6) is 5.75 Å². The number of nitrogens with zero attached hydrogens (tertiary/aromatic N) is 3. The lowest BCUT2D eigenvalue weighted by Gasteiger charge is -2.39. The first-order valence-electron chi connectivity index (χ1n) is 15.1. The lowest BCUT2D eigenvalue weighted by Crippen LogP contribution is -2.57. The Balaban J connectivity index is 1.60. The molecule has 4 aliphatic heterocycles. The van der Waals surface area contributed by atoms with Crippen LogP contribution in [0.4, 0.5) is 5.69 Å².